The van der Waals surface area contributed by atoms with Crippen molar-refractivity contribution in [1.82, 2.24) is 24.2 Å². The summed E-state index contributed by atoms with van der Waals surface area (Å²) >= 11 is 0. The molecule has 0 aromatic carbocycles. The Morgan fingerprint density at radius 3 is 2.93 bits per heavy atom. The molecule has 2 aliphatic heterocycles. The normalized spacial score (nSPS) is 28.6. The highest BCUT2D eigenvalue weighted by Gasteiger charge is 2.39. The molecule has 2 saturated heterocycles. The number of nitrogens with one attached hydrogen (secondary N) is 1. The second-order valence-electron chi connectivity index (χ2n) is 6.56. The van der Waals surface area contributed by atoms with Crippen LogP contribution in [0.5, 0.6) is 0 Å². The van der Waals surface area contributed by atoms with Gasteiger partial charge in [0.05, 0.1) is 32.3 Å². The lowest BCUT2D eigenvalue weighted by atomic mass is 10.2. The summed E-state index contributed by atoms with van der Waals surface area (Å²) in [5.74, 6) is -0.0654. The van der Waals surface area contributed by atoms with Crippen LogP contribution in [0, 0.1) is 0 Å². The highest BCUT2D eigenvalue weighted by atomic mass is 31.2. The van der Waals surface area contributed by atoms with Crippen molar-refractivity contribution in [2.75, 3.05) is 38.6 Å². The lowest BCUT2D eigenvalue weighted by molar-refractivity contribution is -0.0430. The van der Waals surface area contributed by atoms with Crippen LogP contribution < -0.4 is 11.3 Å². The van der Waals surface area contributed by atoms with Gasteiger partial charge in [-0.05, 0) is 0 Å². The Kier molecular flexibility index (Phi) is 5.22. The Bertz CT molecular complexity index is 957. The van der Waals surface area contributed by atoms with Crippen LogP contribution in [0.1, 0.15) is 12.6 Å². The van der Waals surface area contributed by atoms with Gasteiger partial charge in [0.2, 0.25) is 5.95 Å². The largest absolute Gasteiger partial charge is 0.405 e. The van der Waals surface area contributed by atoms with E-state index in [0.717, 1.165) is 0 Å². The molecule has 0 aliphatic carbocycles. The number of ether oxygens (including phenoxy) is 2. The number of fused-ring (bicyclic) bond motifs is 1. The van der Waals surface area contributed by atoms with Crippen LogP contribution in [-0.2, 0) is 18.6 Å². The van der Waals surface area contributed by atoms with Crippen LogP contribution >= 0.6 is 7.75 Å². The van der Waals surface area contributed by atoms with Crippen molar-refractivity contribution in [3.05, 3.63) is 16.7 Å². The van der Waals surface area contributed by atoms with Gasteiger partial charge >= 0.3 is 7.75 Å². The number of aliphatic hydroxyl groups excluding tert-OH is 1. The van der Waals surface area contributed by atoms with Crippen molar-refractivity contribution in [3.63, 3.8) is 0 Å². The van der Waals surface area contributed by atoms with Gasteiger partial charge in [-0.15, -0.1) is 0 Å². The molecule has 0 spiro atoms. The number of nitrogens with two attached hydrogens (primary N) is 1. The number of H-pyrrole nitrogens is 1. The fourth-order valence-corrected chi connectivity index (χ4v) is 4.42. The van der Waals surface area contributed by atoms with E-state index in [-0.39, 0.29) is 43.2 Å². The predicted octanol–water partition coefficient (Wildman–Crippen LogP) is -1.20. The van der Waals surface area contributed by atoms with Crippen LogP contribution in [0.3, 0.4) is 0 Å². The molecular weight excluding hydrogens is 395 g/mol. The van der Waals surface area contributed by atoms with Crippen LogP contribution in [0.25, 0.3) is 11.2 Å². The number of hydrogen-bond acceptors (Lipinski definition) is 9. The van der Waals surface area contributed by atoms with E-state index in [9.17, 15) is 19.4 Å². The first-order valence-electron chi connectivity index (χ1n) is 8.71. The Labute approximate surface area is 158 Å². The van der Waals surface area contributed by atoms with E-state index >= 15 is 0 Å². The highest BCUT2D eigenvalue weighted by Crippen LogP contribution is 2.47. The molecule has 4 rings (SSSR count). The second kappa shape index (κ2) is 7.52. The summed E-state index contributed by atoms with van der Waals surface area (Å²) in [4.78, 5) is 32.4. The third kappa shape index (κ3) is 3.70. The number of hydrogen-bond donors (Lipinski definition) is 4. The maximum atomic E-state index is 12.4. The third-order valence-corrected chi connectivity index (χ3v) is 6.32. The van der Waals surface area contributed by atoms with Gasteiger partial charge in [-0.2, -0.15) is 4.98 Å². The summed E-state index contributed by atoms with van der Waals surface area (Å²) < 4.78 is 31.3. The van der Waals surface area contributed by atoms with E-state index < -0.39 is 31.7 Å². The van der Waals surface area contributed by atoms with E-state index in [2.05, 4.69) is 15.0 Å². The van der Waals surface area contributed by atoms with Crippen molar-refractivity contribution < 1.29 is 28.6 Å². The van der Waals surface area contributed by atoms with E-state index in [0.29, 0.717) is 13.2 Å². The molecule has 2 aliphatic rings. The molecule has 14 heteroatoms. The average molecular weight is 416 g/mol. The van der Waals surface area contributed by atoms with E-state index in [4.69, 9.17) is 19.7 Å². The Morgan fingerprint density at radius 1 is 1.43 bits per heavy atom. The van der Waals surface area contributed by atoms with Gasteiger partial charge < -0.3 is 25.2 Å². The van der Waals surface area contributed by atoms with Crippen LogP contribution in [0.15, 0.2) is 11.1 Å². The van der Waals surface area contributed by atoms with E-state index in [1.54, 1.807) is 0 Å². The summed E-state index contributed by atoms with van der Waals surface area (Å²) in [5, 5.41) is 10.3. The van der Waals surface area contributed by atoms with Crippen LogP contribution in [0.4, 0.5) is 5.95 Å². The van der Waals surface area contributed by atoms with Crippen molar-refractivity contribution in [1.29, 1.82) is 0 Å². The summed E-state index contributed by atoms with van der Waals surface area (Å²) in [6, 6.07) is 0. The molecule has 4 atom stereocenters. The maximum absolute atomic E-state index is 12.4. The molecule has 5 N–H and O–H groups in total. The zero-order valence-corrected chi connectivity index (χ0v) is 15.7. The quantitative estimate of drug-likeness (QED) is 0.430. The lowest BCUT2D eigenvalue weighted by Gasteiger charge is -2.30. The Hall–Kier alpha value is -1.86. The molecule has 2 aromatic heterocycles. The zero-order chi connectivity index (χ0) is 19.9. The standard InChI is InChI=1S/C14H21N6O7P/c15-14-17-12-11(13(22)18-14)16-7-20(12)10-5-8(21)9(27-10)6-26-28(23,24)19-1-3-25-4-2-19/h7-10,21H,1-6H2,(H,23,24)(H3,15,17,18,22). The van der Waals surface area contributed by atoms with Crippen molar-refractivity contribution in [2.24, 2.45) is 0 Å². The smallest absolute Gasteiger partial charge is 0.390 e. The highest BCUT2D eigenvalue weighted by molar-refractivity contribution is 7.50. The maximum Gasteiger partial charge on any atom is 0.405 e. The molecular formula is C14H21N6O7P. The minimum absolute atomic E-state index is 0.0654. The van der Waals surface area contributed by atoms with Crippen molar-refractivity contribution in [2.45, 2.75) is 24.9 Å². The number of imidazole rings is 1. The number of nitrogens with zero attached hydrogens (tertiary/aromatic N) is 4. The number of nitrogen functional groups attached to an aromatic ring is 1. The van der Waals surface area contributed by atoms with Gasteiger partial charge in [-0.1, -0.05) is 0 Å². The molecule has 4 heterocycles. The van der Waals surface area contributed by atoms with Crippen molar-refractivity contribution in [3.8, 4) is 0 Å². The molecule has 0 radical (unpaired) electrons. The van der Waals surface area contributed by atoms with E-state index in [1.807, 2.05) is 0 Å². The van der Waals surface area contributed by atoms with E-state index in [1.165, 1.54) is 15.6 Å². The monoisotopic (exact) mass is 416 g/mol. The fourth-order valence-electron chi connectivity index (χ4n) is 3.25. The number of anilines is 1. The lowest BCUT2D eigenvalue weighted by Crippen LogP contribution is -2.35. The summed E-state index contributed by atoms with van der Waals surface area (Å²) in [6.45, 7) is 0.995. The van der Waals surface area contributed by atoms with Crippen LogP contribution in [-0.4, -0.2) is 79.3 Å². The topological polar surface area (TPSA) is 178 Å². The molecule has 13 nitrogen and oxygen atoms in total. The molecule has 0 amide bonds. The number of rotatable bonds is 5. The fraction of sp³-hybridized carbons (Fsp3) is 0.643. The minimum Gasteiger partial charge on any atom is -0.390 e. The van der Waals surface area contributed by atoms with Gasteiger partial charge in [-0.25, -0.2) is 14.2 Å². The number of aromatic nitrogens is 4. The molecule has 28 heavy (non-hydrogen) atoms. The second-order valence-corrected chi connectivity index (χ2v) is 8.36. The molecule has 2 fully saturated rings. The molecule has 0 bridgehead atoms. The molecule has 0 saturated carbocycles. The number of aliphatic hydroxyl groups is 1. The van der Waals surface area contributed by atoms with Crippen molar-refractivity contribution >= 4 is 24.9 Å². The third-order valence-electron chi connectivity index (χ3n) is 4.72. The van der Waals surface area contributed by atoms with Crippen LogP contribution in [0.2, 0.25) is 0 Å². The first kappa shape index (κ1) is 19.5. The Balaban J connectivity index is 1.45. The van der Waals surface area contributed by atoms with Gasteiger partial charge in [0, 0.05) is 19.5 Å². The SMILES string of the molecule is Nc1nc2c(ncn2C2CC(O)C(COP(=O)(O)N3CCOCC3)O2)c(=O)[nH]1. The first-order valence-corrected chi connectivity index (χ1v) is 10.2. The summed E-state index contributed by atoms with van der Waals surface area (Å²) in [6.07, 6.45) is -0.905. The minimum atomic E-state index is -4.01. The molecule has 4 unspecified atom stereocenters. The van der Waals surface area contributed by atoms with Gasteiger partial charge in [0.15, 0.2) is 11.2 Å². The molecule has 2 aromatic rings. The zero-order valence-electron chi connectivity index (χ0n) is 14.8. The predicted molar refractivity (Wildman–Crippen MR) is 95.3 cm³/mol. The molecule has 154 valence electrons. The Morgan fingerprint density at radius 2 is 2.18 bits per heavy atom. The average Bonchev–Trinajstić information content (AvgIpc) is 3.24. The van der Waals surface area contributed by atoms with Gasteiger partial charge in [0.1, 0.15) is 12.3 Å². The summed E-state index contributed by atoms with van der Waals surface area (Å²) in [5.41, 5.74) is 5.42. The first-order chi connectivity index (χ1) is 13.3. The number of aromatic amines is 1. The van der Waals surface area contributed by atoms with Gasteiger partial charge in [-0.3, -0.25) is 18.9 Å². The summed E-state index contributed by atoms with van der Waals surface area (Å²) in [7, 11) is -4.01. The van der Waals surface area contributed by atoms with Gasteiger partial charge in [0.25, 0.3) is 5.56 Å². The number of morpholine rings is 1.